The Morgan fingerprint density at radius 3 is 2.75 bits per heavy atom. The van der Waals surface area contributed by atoms with E-state index in [0.29, 0.717) is 6.42 Å². The van der Waals surface area contributed by atoms with Gasteiger partial charge in [-0.3, -0.25) is 9.89 Å². The molecule has 2 N–H and O–H groups in total. The number of aliphatic carboxylic acids is 1. The number of nitrogens with zero attached hydrogens (tertiary/aromatic N) is 1. The highest BCUT2D eigenvalue weighted by Crippen LogP contribution is 2.16. The standard InChI is InChI=1S/C10H10N2O2.C2H6/c13-10(14)6-5-9-7-3-1-2-4-8(7)11-12-9;1-2/h1-4H,5-6H2,(H,11,12)(H,13,14);1-2H3. The van der Waals surface area contributed by atoms with Gasteiger partial charge in [0.05, 0.1) is 11.9 Å². The van der Waals surface area contributed by atoms with E-state index < -0.39 is 5.97 Å². The summed E-state index contributed by atoms with van der Waals surface area (Å²) in [5, 5.41) is 16.5. The Morgan fingerprint density at radius 1 is 1.38 bits per heavy atom. The molecule has 2 rings (SSSR count). The van der Waals surface area contributed by atoms with Gasteiger partial charge in [0.15, 0.2) is 0 Å². The van der Waals surface area contributed by atoms with Crippen LogP contribution in [-0.4, -0.2) is 21.3 Å². The highest BCUT2D eigenvalue weighted by atomic mass is 16.4. The van der Waals surface area contributed by atoms with Crippen LogP contribution in [0.25, 0.3) is 10.9 Å². The van der Waals surface area contributed by atoms with E-state index in [1.54, 1.807) is 0 Å². The minimum absolute atomic E-state index is 0.131. The largest absolute Gasteiger partial charge is 0.481 e. The Kier molecular flexibility index (Phi) is 4.51. The molecule has 0 unspecified atom stereocenters. The van der Waals surface area contributed by atoms with Crippen molar-refractivity contribution in [1.29, 1.82) is 0 Å². The Morgan fingerprint density at radius 2 is 2.06 bits per heavy atom. The maximum atomic E-state index is 10.4. The molecular weight excluding hydrogens is 204 g/mol. The lowest BCUT2D eigenvalue weighted by molar-refractivity contribution is -0.136. The average Bonchev–Trinajstić information content (AvgIpc) is 2.72. The summed E-state index contributed by atoms with van der Waals surface area (Å²) in [7, 11) is 0. The van der Waals surface area contributed by atoms with E-state index in [9.17, 15) is 4.79 Å². The molecule has 4 nitrogen and oxygen atoms in total. The molecular formula is C12H16N2O2. The van der Waals surface area contributed by atoms with Crippen molar-refractivity contribution >= 4 is 16.9 Å². The van der Waals surface area contributed by atoms with E-state index in [-0.39, 0.29) is 6.42 Å². The van der Waals surface area contributed by atoms with Gasteiger partial charge in [-0.2, -0.15) is 5.10 Å². The predicted molar refractivity (Wildman–Crippen MR) is 63.4 cm³/mol. The van der Waals surface area contributed by atoms with E-state index in [4.69, 9.17) is 5.11 Å². The van der Waals surface area contributed by atoms with Crippen molar-refractivity contribution in [2.24, 2.45) is 0 Å². The van der Waals surface area contributed by atoms with Crippen LogP contribution >= 0.6 is 0 Å². The average molecular weight is 220 g/mol. The molecule has 1 aromatic heterocycles. The van der Waals surface area contributed by atoms with Crippen molar-refractivity contribution in [1.82, 2.24) is 10.2 Å². The lowest BCUT2D eigenvalue weighted by Gasteiger charge is -1.94. The van der Waals surface area contributed by atoms with Crippen LogP contribution in [0, 0.1) is 0 Å². The van der Waals surface area contributed by atoms with E-state index >= 15 is 0 Å². The molecule has 1 heterocycles. The van der Waals surface area contributed by atoms with Gasteiger partial charge >= 0.3 is 5.97 Å². The molecule has 4 heteroatoms. The molecule has 2 aromatic rings. The predicted octanol–water partition coefficient (Wildman–Crippen LogP) is 2.61. The second-order valence-electron chi connectivity index (χ2n) is 3.11. The summed E-state index contributed by atoms with van der Waals surface area (Å²) in [5.74, 6) is -0.788. The third-order valence-electron chi connectivity index (χ3n) is 2.13. The van der Waals surface area contributed by atoms with Crippen molar-refractivity contribution in [3.63, 3.8) is 0 Å². The highest BCUT2D eigenvalue weighted by Gasteiger charge is 2.05. The number of hydrogen-bond acceptors (Lipinski definition) is 2. The fraction of sp³-hybridized carbons (Fsp3) is 0.333. The first kappa shape index (κ1) is 12.2. The van der Waals surface area contributed by atoms with Crippen LogP contribution in [0.5, 0.6) is 0 Å². The van der Waals surface area contributed by atoms with Crippen molar-refractivity contribution < 1.29 is 9.90 Å². The van der Waals surface area contributed by atoms with Gasteiger partial charge in [0.25, 0.3) is 0 Å². The van der Waals surface area contributed by atoms with Crippen LogP contribution in [0.3, 0.4) is 0 Å². The Labute approximate surface area is 94.3 Å². The van der Waals surface area contributed by atoms with Crippen LogP contribution in [-0.2, 0) is 11.2 Å². The number of fused-ring (bicyclic) bond motifs is 1. The second-order valence-corrected chi connectivity index (χ2v) is 3.11. The van der Waals surface area contributed by atoms with Crippen molar-refractivity contribution in [3.05, 3.63) is 30.0 Å². The van der Waals surface area contributed by atoms with Crippen LogP contribution < -0.4 is 0 Å². The summed E-state index contributed by atoms with van der Waals surface area (Å²) >= 11 is 0. The van der Waals surface area contributed by atoms with Crippen molar-refractivity contribution in [3.8, 4) is 0 Å². The minimum atomic E-state index is -0.788. The first-order valence-electron chi connectivity index (χ1n) is 5.41. The van der Waals surface area contributed by atoms with Gasteiger partial charge in [0.1, 0.15) is 0 Å². The number of benzene rings is 1. The maximum absolute atomic E-state index is 10.4. The van der Waals surface area contributed by atoms with E-state index in [1.165, 1.54) is 0 Å². The molecule has 86 valence electrons. The smallest absolute Gasteiger partial charge is 0.303 e. The van der Waals surface area contributed by atoms with E-state index in [1.807, 2.05) is 38.1 Å². The summed E-state index contributed by atoms with van der Waals surface area (Å²) < 4.78 is 0. The maximum Gasteiger partial charge on any atom is 0.303 e. The summed E-state index contributed by atoms with van der Waals surface area (Å²) in [5.41, 5.74) is 1.77. The molecule has 16 heavy (non-hydrogen) atoms. The highest BCUT2D eigenvalue weighted by molar-refractivity contribution is 5.81. The molecule has 1 aromatic carbocycles. The zero-order valence-electron chi connectivity index (χ0n) is 9.53. The van der Waals surface area contributed by atoms with Crippen LogP contribution in [0.15, 0.2) is 24.3 Å². The van der Waals surface area contributed by atoms with Gasteiger partial charge in [-0.1, -0.05) is 32.0 Å². The monoisotopic (exact) mass is 220 g/mol. The van der Waals surface area contributed by atoms with Crippen LogP contribution in [0.4, 0.5) is 0 Å². The van der Waals surface area contributed by atoms with Crippen molar-refractivity contribution in [2.75, 3.05) is 0 Å². The number of carbonyl (C=O) groups is 1. The molecule has 0 saturated heterocycles. The zero-order valence-corrected chi connectivity index (χ0v) is 9.53. The lowest BCUT2D eigenvalue weighted by atomic mass is 10.1. The minimum Gasteiger partial charge on any atom is -0.481 e. The summed E-state index contributed by atoms with van der Waals surface area (Å²) in [6.45, 7) is 4.00. The molecule has 0 fully saturated rings. The Bertz CT molecular complexity index is 463. The van der Waals surface area contributed by atoms with Gasteiger partial charge in [-0.05, 0) is 6.07 Å². The number of rotatable bonds is 3. The van der Waals surface area contributed by atoms with E-state index in [2.05, 4.69) is 10.2 Å². The number of nitrogens with one attached hydrogen (secondary N) is 1. The number of hydrogen-bond donors (Lipinski definition) is 2. The number of aromatic amines is 1. The van der Waals surface area contributed by atoms with Crippen LogP contribution in [0.1, 0.15) is 26.0 Å². The van der Waals surface area contributed by atoms with Crippen LogP contribution in [0.2, 0.25) is 0 Å². The molecule has 0 spiro atoms. The summed E-state index contributed by atoms with van der Waals surface area (Å²) in [6.07, 6.45) is 0.627. The molecule has 0 aliphatic heterocycles. The third kappa shape index (κ3) is 2.82. The Balaban J connectivity index is 0.000000606. The topological polar surface area (TPSA) is 66.0 Å². The number of carboxylic acid groups (broad SMARTS) is 1. The fourth-order valence-electron chi connectivity index (χ4n) is 1.44. The molecule has 0 amide bonds. The summed E-state index contributed by atoms with van der Waals surface area (Å²) in [4.78, 5) is 10.4. The third-order valence-corrected chi connectivity index (χ3v) is 2.13. The molecule has 0 saturated carbocycles. The first-order valence-corrected chi connectivity index (χ1v) is 5.41. The zero-order chi connectivity index (χ0) is 12.0. The first-order chi connectivity index (χ1) is 7.77. The van der Waals surface area contributed by atoms with Gasteiger partial charge < -0.3 is 5.11 Å². The van der Waals surface area contributed by atoms with Gasteiger partial charge in [-0.15, -0.1) is 0 Å². The number of aromatic nitrogens is 2. The summed E-state index contributed by atoms with van der Waals surface area (Å²) in [6, 6.07) is 7.67. The number of H-pyrrole nitrogens is 1. The Hall–Kier alpha value is -1.84. The van der Waals surface area contributed by atoms with Gasteiger partial charge in [0, 0.05) is 17.5 Å². The number of para-hydroxylation sites is 1. The quantitative estimate of drug-likeness (QED) is 0.835. The fourth-order valence-corrected chi connectivity index (χ4v) is 1.44. The number of carboxylic acids is 1. The molecule has 0 atom stereocenters. The normalized spacial score (nSPS) is 9.62. The molecule has 0 aliphatic rings. The molecule has 0 radical (unpaired) electrons. The second kappa shape index (κ2) is 5.90. The molecule has 0 bridgehead atoms. The van der Waals surface area contributed by atoms with Gasteiger partial charge in [-0.25, -0.2) is 0 Å². The molecule has 0 aliphatic carbocycles. The van der Waals surface area contributed by atoms with E-state index in [0.717, 1.165) is 16.6 Å². The lowest BCUT2D eigenvalue weighted by Crippen LogP contribution is -1.97. The van der Waals surface area contributed by atoms with Crippen molar-refractivity contribution in [2.45, 2.75) is 26.7 Å². The van der Waals surface area contributed by atoms with Gasteiger partial charge in [0.2, 0.25) is 0 Å². The number of aryl methyl sites for hydroxylation is 1. The SMILES string of the molecule is CC.O=C(O)CCc1[nH]nc2ccccc12.